The maximum absolute atomic E-state index is 12.8. The monoisotopic (exact) mass is 441 g/mol. The number of aromatic nitrogens is 2. The Kier molecular flexibility index (Phi) is 6.56. The number of methoxy groups -OCH3 is 1. The highest BCUT2D eigenvalue weighted by molar-refractivity contribution is 6.35. The number of imidazole rings is 1. The molecule has 4 N–H and O–H groups in total. The fraction of sp³-hybridized carbons (Fsp3) is 0.143. The maximum Gasteiger partial charge on any atom is 0.279 e. The number of anilines is 2. The van der Waals surface area contributed by atoms with Gasteiger partial charge < -0.3 is 25.7 Å². The van der Waals surface area contributed by atoms with Gasteiger partial charge in [-0.25, -0.2) is 4.98 Å². The zero-order valence-electron chi connectivity index (χ0n) is 16.8. The van der Waals surface area contributed by atoms with Crippen LogP contribution in [0.15, 0.2) is 48.8 Å². The van der Waals surface area contributed by atoms with Crippen LogP contribution in [0.4, 0.5) is 11.4 Å². The number of H-pyrrole nitrogens is 1. The van der Waals surface area contributed by atoms with E-state index in [1.54, 1.807) is 49.4 Å². The minimum absolute atomic E-state index is 0.0532. The van der Waals surface area contributed by atoms with Gasteiger partial charge in [0.1, 0.15) is 11.4 Å². The van der Waals surface area contributed by atoms with E-state index in [0.29, 0.717) is 23.7 Å². The van der Waals surface area contributed by atoms with Gasteiger partial charge >= 0.3 is 0 Å². The van der Waals surface area contributed by atoms with Crippen molar-refractivity contribution < 1.29 is 19.1 Å². The molecule has 0 fully saturated rings. The molecule has 1 aromatic heterocycles. The summed E-state index contributed by atoms with van der Waals surface area (Å²) in [6, 6.07) is 11.6. The molecular formula is C21H20ClN5O4. The average Bonchev–Trinajstić information content (AvgIpc) is 3.26. The summed E-state index contributed by atoms with van der Waals surface area (Å²) in [5, 5.41) is 2.97. The fourth-order valence-electron chi connectivity index (χ4n) is 2.98. The van der Waals surface area contributed by atoms with E-state index in [2.05, 4.69) is 15.3 Å². The number of nitrogens with two attached hydrogens (primary N) is 1. The molecular weight excluding hydrogens is 422 g/mol. The number of benzene rings is 2. The van der Waals surface area contributed by atoms with Gasteiger partial charge in [-0.2, -0.15) is 0 Å². The summed E-state index contributed by atoms with van der Waals surface area (Å²) in [6.45, 7) is 2.12. The highest BCUT2D eigenvalue weighted by Crippen LogP contribution is 2.28. The van der Waals surface area contributed by atoms with Crippen LogP contribution in [-0.2, 0) is 0 Å². The van der Waals surface area contributed by atoms with Gasteiger partial charge in [-0.05, 0) is 43.3 Å². The topological polar surface area (TPSA) is 130 Å². The normalized spacial score (nSPS) is 10.4. The quantitative estimate of drug-likeness (QED) is 0.518. The lowest BCUT2D eigenvalue weighted by molar-refractivity contribution is 0.0956. The highest BCUT2D eigenvalue weighted by atomic mass is 35.5. The van der Waals surface area contributed by atoms with E-state index in [-0.39, 0.29) is 22.0 Å². The van der Waals surface area contributed by atoms with Crippen molar-refractivity contribution in [3.05, 3.63) is 70.8 Å². The number of carbonyl (C=O) groups excluding carboxylic acids is 3. The molecule has 3 aromatic rings. The van der Waals surface area contributed by atoms with Crippen molar-refractivity contribution in [2.45, 2.75) is 6.92 Å². The SMILES string of the molecule is CCN(C(=O)c1nc[nH]c1C(N)=O)c1ccc(NC(=O)c2cccc(OC)c2Cl)cc1. The van der Waals surface area contributed by atoms with E-state index < -0.39 is 17.7 Å². The summed E-state index contributed by atoms with van der Waals surface area (Å²) in [7, 11) is 1.47. The summed E-state index contributed by atoms with van der Waals surface area (Å²) in [4.78, 5) is 44.8. The Morgan fingerprint density at radius 1 is 1.19 bits per heavy atom. The van der Waals surface area contributed by atoms with Gasteiger partial charge in [-0.15, -0.1) is 0 Å². The number of primary amides is 1. The third-order valence-corrected chi connectivity index (χ3v) is 4.90. The number of amides is 3. The summed E-state index contributed by atoms with van der Waals surface area (Å²) in [5.41, 5.74) is 6.51. The van der Waals surface area contributed by atoms with Crippen LogP contribution < -0.4 is 20.7 Å². The first-order valence-corrected chi connectivity index (χ1v) is 9.64. The predicted octanol–water partition coefficient (Wildman–Crippen LogP) is 3.09. The fourth-order valence-corrected chi connectivity index (χ4v) is 3.27. The second-order valence-electron chi connectivity index (χ2n) is 6.36. The summed E-state index contributed by atoms with van der Waals surface area (Å²) < 4.78 is 5.13. The molecule has 0 saturated heterocycles. The molecule has 2 aromatic carbocycles. The van der Waals surface area contributed by atoms with Crippen molar-refractivity contribution in [3.63, 3.8) is 0 Å². The van der Waals surface area contributed by atoms with Crippen molar-refractivity contribution in [1.29, 1.82) is 0 Å². The molecule has 0 bridgehead atoms. The van der Waals surface area contributed by atoms with Crippen molar-refractivity contribution in [1.82, 2.24) is 9.97 Å². The molecule has 0 aliphatic rings. The number of aromatic amines is 1. The van der Waals surface area contributed by atoms with E-state index in [1.807, 2.05) is 0 Å². The average molecular weight is 442 g/mol. The molecule has 0 radical (unpaired) electrons. The number of halogens is 1. The molecule has 0 unspecified atom stereocenters. The van der Waals surface area contributed by atoms with E-state index in [1.165, 1.54) is 18.3 Å². The molecule has 160 valence electrons. The molecule has 31 heavy (non-hydrogen) atoms. The van der Waals surface area contributed by atoms with Gasteiger partial charge in [-0.3, -0.25) is 14.4 Å². The third-order valence-electron chi connectivity index (χ3n) is 4.51. The largest absolute Gasteiger partial charge is 0.495 e. The van der Waals surface area contributed by atoms with Crippen LogP contribution in [0.2, 0.25) is 5.02 Å². The van der Waals surface area contributed by atoms with Crippen LogP contribution in [0.1, 0.15) is 38.3 Å². The van der Waals surface area contributed by atoms with Gasteiger partial charge in [-0.1, -0.05) is 17.7 Å². The molecule has 0 spiro atoms. The summed E-state index contributed by atoms with van der Waals surface area (Å²) in [5.74, 6) is -1.25. The molecule has 0 aliphatic heterocycles. The zero-order valence-corrected chi connectivity index (χ0v) is 17.6. The van der Waals surface area contributed by atoms with Crippen molar-refractivity contribution in [2.75, 3.05) is 23.9 Å². The van der Waals surface area contributed by atoms with Gasteiger partial charge in [0, 0.05) is 17.9 Å². The van der Waals surface area contributed by atoms with Gasteiger partial charge in [0.25, 0.3) is 17.7 Å². The first-order chi connectivity index (χ1) is 14.9. The Balaban J connectivity index is 1.79. The zero-order chi connectivity index (χ0) is 22.5. The van der Waals surface area contributed by atoms with Crippen LogP contribution in [0.25, 0.3) is 0 Å². The van der Waals surface area contributed by atoms with Crippen molar-refractivity contribution in [2.24, 2.45) is 5.73 Å². The number of nitrogens with one attached hydrogen (secondary N) is 2. The number of carbonyl (C=O) groups is 3. The van der Waals surface area contributed by atoms with Gasteiger partial charge in [0.05, 0.1) is 24.0 Å². The number of ether oxygens (including phenoxy) is 1. The summed E-state index contributed by atoms with van der Waals surface area (Å²) >= 11 is 6.20. The Hall–Kier alpha value is -3.85. The van der Waals surface area contributed by atoms with Crippen LogP contribution in [0.3, 0.4) is 0 Å². The van der Waals surface area contributed by atoms with E-state index >= 15 is 0 Å². The van der Waals surface area contributed by atoms with Crippen LogP contribution in [-0.4, -0.2) is 41.3 Å². The first-order valence-electron chi connectivity index (χ1n) is 9.26. The lowest BCUT2D eigenvalue weighted by Crippen LogP contribution is -2.32. The molecule has 0 atom stereocenters. The van der Waals surface area contributed by atoms with E-state index in [9.17, 15) is 14.4 Å². The Morgan fingerprint density at radius 3 is 2.52 bits per heavy atom. The van der Waals surface area contributed by atoms with Gasteiger partial charge in [0.2, 0.25) is 0 Å². The standard InChI is InChI=1S/C21H20ClN5O4/c1-3-27(21(30)18-17(19(23)28)24-11-25-18)13-9-7-12(8-10-13)26-20(29)14-5-4-6-15(31-2)16(14)22/h4-11H,3H2,1-2H3,(H2,23,28)(H,24,25)(H,26,29). The van der Waals surface area contributed by atoms with Gasteiger partial charge in [0.15, 0.2) is 5.69 Å². The maximum atomic E-state index is 12.8. The second-order valence-corrected chi connectivity index (χ2v) is 6.74. The minimum atomic E-state index is -0.772. The number of hydrogen-bond donors (Lipinski definition) is 3. The van der Waals surface area contributed by atoms with Crippen molar-refractivity contribution in [3.8, 4) is 5.75 Å². The molecule has 10 heteroatoms. The third kappa shape index (κ3) is 4.51. The first kappa shape index (κ1) is 21.8. The number of nitrogens with zero attached hydrogens (tertiary/aromatic N) is 2. The van der Waals surface area contributed by atoms with E-state index in [0.717, 1.165) is 0 Å². The molecule has 0 aliphatic carbocycles. The van der Waals surface area contributed by atoms with Crippen LogP contribution >= 0.6 is 11.6 Å². The lowest BCUT2D eigenvalue weighted by Gasteiger charge is -2.21. The Labute approximate surface area is 183 Å². The second kappa shape index (κ2) is 9.31. The molecule has 3 amide bonds. The lowest BCUT2D eigenvalue weighted by atomic mass is 10.2. The Bertz CT molecular complexity index is 1130. The molecule has 3 rings (SSSR count). The molecule has 1 heterocycles. The van der Waals surface area contributed by atoms with E-state index in [4.69, 9.17) is 22.1 Å². The minimum Gasteiger partial charge on any atom is -0.495 e. The Morgan fingerprint density at radius 2 is 1.90 bits per heavy atom. The van der Waals surface area contributed by atoms with Crippen LogP contribution in [0.5, 0.6) is 5.75 Å². The smallest absolute Gasteiger partial charge is 0.279 e. The molecule has 0 saturated carbocycles. The van der Waals surface area contributed by atoms with Crippen LogP contribution in [0, 0.1) is 0 Å². The number of rotatable bonds is 7. The predicted molar refractivity (Wildman–Crippen MR) is 117 cm³/mol. The highest BCUT2D eigenvalue weighted by Gasteiger charge is 2.24. The number of hydrogen-bond acceptors (Lipinski definition) is 5. The summed E-state index contributed by atoms with van der Waals surface area (Å²) in [6.07, 6.45) is 1.24. The van der Waals surface area contributed by atoms with Crippen molar-refractivity contribution >= 4 is 40.7 Å². The molecule has 9 nitrogen and oxygen atoms in total.